The van der Waals surface area contributed by atoms with E-state index in [1.54, 1.807) is 4.57 Å². The predicted octanol–water partition coefficient (Wildman–Crippen LogP) is -2.02. The Labute approximate surface area is 212 Å². The molecule has 0 amide bonds. The first-order valence-electron chi connectivity index (χ1n) is 11.8. The first kappa shape index (κ1) is 28.1. The number of aliphatic hydroxyl groups is 2. The van der Waals surface area contributed by atoms with Crippen molar-refractivity contribution in [2.24, 2.45) is 17.2 Å². The van der Waals surface area contributed by atoms with E-state index in [4.69, 9.17) is 27.0 Å². The summed E-state index contributed by atoms with van der Waals surface area (Å²) in [6.45, 7) is 1.49. The second kappa shape index (κ2) is 13.7. The maximum absolute atomic E-state index is 11.2. The highest BCUT2D eigenvalue weighted by Gasteiger charge is 2.47. The van der Waals surface area contributed by atoms with Crippen LogP contribution in [0.2, 0.25) is 0 Å². The molecular weight excluding hydrogens is 488 g/mol. The van der Waals surface area contributed by atoms with Crippen molar-refractivity contribution in [1.29, 1.82) is 0 Å². The molecule has 3 heterocycles. The van der Waals surface area contributed by atoms with Gasteiger partial charge in [-0.3, -0.25) is 9.36 Å². The van der Waals surface area contributed by atoms with Gasteiger partial charge in [-0.1, -0.05) is 5.92 Å². The van der Waals surface area contributed by atoms with Gasteiger partial charge in [-0.05, 0) is 18.9 Å². The fourth-order valence-corrected chi connectivity index (χ4v) is 5.81. The highest BCUT2D eigenvalue weighted by atomic mass is 32.2. The monoisotopic (exact) mass is 523 g/mol. The third kappa shape index (κ3) is 7.04. The number of unbranched alkanes of at least 4 members (excludes halogenated alkanes) is 1. The first-order valence-corrected chi connectivity index (χ1v) is 13.5. The Morgan fingerprint density at radius 1 is 1.22 bits per heavy atom. The van der Waals surface area contributed by atoms with E-state index in [-0.39, 0.29) is 6.42 Å². The standard InChI is InChI=1S/C22H34N8O5S/c23-6-3-1-2-4-9-36(10-5-14(25)22(33)34)11-15-17(31)18(32)21(35-15)30-13-29-16-19(26-8-7-24)27-12-28-20(16)30/h12-15,17-18,21,31-32H,1,3,5-11,23-25H2,(H-,26,27,28,33,34)/p+1/t14-,15?,17?,18?,21?,36?/m0/s1. The van der Waals surface area contributed by atoms with Crippen LogP contribution < -0.4 is 22.5 Å². The number of hydrogen-bond donors (Lipinski definition) is 7. The number of aliphatic carboxylic acids is 1. The van der Waals surface area contributed by atoms with E-state index in [9.17, 15) is 15.0 Å². The van der Waals surface area contributed by atoms with E-state index in [0.717, 1.165) is 6.42 Å². The Morgan fingerprint density at radius 2 is 2.03 bits per heavy atom. The smallest absolute Gasteiger partial charge is 0.320 e. The van der Waals surface area contributed by atoms with Crippen LogP contribution in [0.5, 0.6) is 0 Å². The van der Waals surface area contributed by atoms with Crippen LogP contribution in [-0.2, 0) is 20.4 Å². The number of fused-ring (bicyclic) bond motifs is 1. The summed E-state index contributed by atoms with van der Waals surface area (Å²) < 4.78 is 7.68. The number of aromatic nitrogens is 4. The van der Waals surface area contributed by atoms with E-state index < -0.39 is 47.4 Å². The zero-order chi connectivity index (χ0) is 26.1. The fraction of sp³-hybridized carbons (Fsp3) is 0.636. The topological polar surface area (TPSA) is 221 Å². The highest BCUT2D eigenvalue weighted by molar-refractivity contribution is 7.97. The normalized spacial score (nSPS) is 23.2. The highest BCUT2D eigenvalue weighted by Crippen LogP contribution is 2.33. The van der Waals surface area contributed by atoms with Crippen molar-refractivity contribution >= 4 is 33.8 Å². The molecule has 2 aromatic rings. The summed E-state index contributed by atoms with van der Waals surface area (Å²) in [4.78, 5) is 24.0. The van der Waals surface area contributed by atoms with E-state index in [2.05, 4.69) is 32.1 Å². The van der Waals surface area contributed by atoms with Gasteiger partial charge in [-0.25, -0.2) is 15.0 Å². The minimum Gasteiger partial charge on any atom is -0.480 e. The lowest BCUT2D eigenvalue weighted by Gasteiger charge is -2.16. The van der Waals surface area contributed by atoms with Crippen molar-refractivity contribution in [2.45, 2.75) is 49.8 Å². The van der Waals surface area contributed by atoms with Crippen molar-refractivity contribution in [3.8, 4) is 11.8 Å². The third-order valence-electron chi connectivity index (χ3n) is 5.75. The lowest BCUT2D eigenvalue weighted by atomic mass is 10.1. The maximum atomic E-state index is 11.2. The van der Waals surface area contributed by atoms with E-state index in [0.29, 0.717) is 60.3 Å². The molecule has 0 spiro atoms. The number of carboxylic acids is 1. The molecule has 36 heavy (non-hydrogen) atoms. The quantitative estimate of drug-likeness (QED) is 0.0859. The number of ether oxygens (including phenoxy) is 1. The Hall–Kier alpha value is -2.51. The molecule has 198 valence electrons. The summed E-state index contributed by atoms with van der Waals surface area (Å²) in [7, 11) is -0.405. The summed E-state index contributed by atoms with van der Waals surface area (Å²) in [5.41, 5.74) is 17.7. The second-order valence-corrected chi connectivity index (χ2v) is 10.7. The molecule has 1 fully saturated rings. The number of imidazole rings is 1. The van der Waals surface area contributed by atoms with Gasteiger partial charge >= 0.3 is 5.97 Å². The summed E-state index contributed by atoms with van der Waals surface area (Å²) in [5, 5.41) is 33.8. The molecule has 1 aliphatic heterocycles. The van der Waals surface area contributed by atoms with Crippen LogP contribution >= 0.6 is 0 Å². The number of rotatable bonds is 13. The largest absolute Gasteiger partial charge is 0.480 e. The molecule has 0 bridgehead atoms. The van der Waals surface area contributed by atoms with Crippen molar-refractivity contribution in [1.82, 2.24) is 19.5 Å². The third-order valence-corrected chi connectivity index (χ3v) is 7.91. The van der Waals surface area contributed by atoms with Crippen molar-refractivity contribution < 1.29 is 24.9 Å². The predicted molar refractivity (Wildman–Crippen MR) is 137 cm³/mol. The summed E-state index contributed by atoms with van der Waals surface area (Å²) in [6.07, 6.45) is 0.662. The second-order valence-electron chi connectivity index (χ2n) is 8.41. The Bertz CT molecular complexity index is 1060. The van der Waals surface area contributed by atoms with Crippen LogP contribution in [0, 0.1) is 11.8 Å². The zero-order valence-corrected chi connectivity index (χ0v) is 20.8. The number of carboxylic acid groups (broad SMARTS) is 1. The lowest BCUT2D eigenvalue weighted by Crippen LogP contribution is -2.38. The number of anilines is 1. The van der Waals surface area contributed by atoms with E-state index in [1.165, 1.54) is 12.7 Å². The number of carbonyl (C=O) groups is 1. The minimum absolute atomic E-state index is 0.277. The van der Waals surface area contributed by atoms with E-state index >= 15 is 0 Å². The van der Waals surface area contributed by atoms with Crippen LogP contribution in [0.1, 0.15) is 25.5 Å². The Balaban J connectivity index is 1.73. The fourth-order valence-electron chi connectivity index (χ4n) is 3.75. The molecule has 3 rings (SSSR count). The molecule has 1 saturated heterocycles. The van der Waals surface area contributed by atoms with Gasteiger partial charge in [0.2, 0.25) is 0 Å². The molecule has 0 aromatic carbocycles. The van der Waals surface area contributed by atoms with Crippen molar-refractivity contribution in [2.75, 3.05) is 42.2 Å². The lowest BCUT2D eigenvalue weighted by molar-refractivity contribution is -0.138. The molecule has 0 saturated carbocycles. The minimum atomic E-state index is -1.22. The average molecular weight is 524 g/mol. The molecule has 0 radical (unpaired) electrons. The van der Waals surface area contributed by atoms with Crippen LogP contribution in [0.15, 0.2) is 12.7 Å². The van der Waals surface area contributed by atoms with Gasteiger partial charge in [-0.15, -0.1) is 0 Å². The summed E-state index contributed by atoms with van der Waals surface area (Å²) >= 11 is 0. The number of aliphatic hydroxyl groups excluding tert-OH is 2. The molecule has 6 atom stereocenters. The van der Waals surface area contributed by atoms with Gasteiger partial charge in [-0.2, -0.15) is 0 Å². The maximum Gasteiger partial charge on any atom is 0.320 e. The van der Waals surface area contributed by atoms with Crippen LogP contribution in [0.25, 0.3) is 11.2 Å². The SMILES string of the molecule is NCCCC#CC[S+](CC[C@H](N)C(=O)O)CC1OC(n2cnc3c(NCCN)ncnc32)C(O)C1O. The molecule has 14 heteroatoms. The molecule has 0 aliphatic carbocycles. The van der Waals surface area contributed by atoms with Crippen LogP contribution in [0.3, 0.4) is 0 Å². The van der Waals surface area contributed by atoms with Crippen molar-refractivity contribution in [3.05, 3.63) is 12.7 Å². The molecule has 5 unspecified atom stereocenters. The van der Waals surface area contributed by atoms with Gasteiger partial charge in [0.05, 0.1) is 6.33 Å². The van der Waals surface area contributed by atoms with Crippen LogP contribution in [0.4, 0.5) is 5.82 Å². The molecule has 2 aromatic heterocycles. The molecular formula is C22H35N8O5S+. The van der Waals surface area contributed by atoms with Gasteiger partial charge < -0.3 is 42.6 Å². The summed E-state index contributed by atoms with van der Waals surface area (Å²) in [5.74, 6) is 7.09. The molecule has 1 aliphatic rings. The Morgan fingerprint density at radius 3 is 2.75 bits per heavy atom. The van der Waals surface area contributed by atoms with Gasteiger partial charge in [0.25, 0.3) is 0 Å². The number of nitrogens with zero attached hydrogens (tertiary/aromatic N) is 4. The molecule has 10 N–H and O–H groups in total. The average Bonchev–Trinajstić information content (AvgIpc) is 3.42. The molecule has 13 nitrogen and oxygen atoms in total. The summed E-state index contributed by atoms with van der Waals surface area (Å²) in [6, 6.07) is -0.975. The van der Waals surface area contributed by atoms with Gasteiger partial charge in [0.1, 0.15) is 42.2 Å². The number of nitrogens with two attached hydrogens (primary N) is 3. The van der Waals surface area contributed by atoms with Crippen LogP contribution in [-0.4, -0.2) is 102 Å². The number of hydrogen-bond acceptors (Lipinski definition) is 11. The Kier molecular flexibility index (Phi) is 10.7. The zero-order valence-electron chi connectivity index (χ0n) is 20.0. The van der Waals surface area contributed by atoms with Crippen molar-refractivity contribution in [3.63, 3.8) is 0 Å². The van der Waals surface area contributed by atoms with E-state index in [1.807, 2.05) is 0 Å². The van der Waals surface area contributed by atoms with Gasteiger partial charge in [0, 0.05) is 36.8 Å². The van der Waals surface area contributed by atoms with Gasteiger partial charge in [0.15, 0.2) is 29.0 Å². The first-order chi connectivity index (χ1) is 17.4. The number of nitrogens with one attached hydrogen (secondary N) is 1.